The van der Waals surface area contributed by atoms with Crippen molar-refractivity contribution in [3.63, 3.8) is 0 Å². The second kappa shape index (κ2) is 9.33. The maximum atomic E-state index is 13.7. The van der Waals surface area contributed by atoms with Crippen molar-refractivity contribution in [2.45, 2.75) is 47.4 Å². The molecule has 4 nitrogen and oxygen atoms in total. The number of carbonyl (C=O) groups excluding carboxylic acids is 1. The largest absolute Gasteiger partial charge is 0.497 e. The van der Waals surface area contributed by atoms with Crippen LogP contribution < -0.4 is 4.74 Å². The third-order valence-electron chi connectivity index (χ3n) is 6.13. The molecule has 0 spiro atoms. The first kappa shape index (κ1) is 20.5. The van der Waals surface area contributed by atoms with Crippen molar-refractivity contribution >= 4 is 17.5 Å². The van der Waals surface area contributed by atoms with E-state index in [1.165, 1.54) is 6.42 Å². The maximum absolute atomic E-state index is 13.7. The van der Waals surface area contributed by atoms with Crippen LogP contribution >= 0.6 is 11.8 Å². The van der Waals surface area contributed by atoms with Crippen LogP contribution in [0.2, 0.25) is 0 Å². The molecular formula is C24H29NO3S. The lowest BCUT2D eigenvalue weighted by atomic mass is 9.75. The van der Waals surface area contributed by atoms with Gasteiger partial charge in [-0.2, -0.15) is 0 Å². The zero-order chi connectivity index (χ0) is 20.1. The Hall–Kier alpha value is -1.82. The van der Waals surface area contributed by atoms with Gasteiger partial charge in [0, 0.05) is 28.4 Å². The van der Waals surface area contributed by atoms with E-state index >= 15 is 0 Å². The normalized spacial score (nSPS) is 19.6. The first-order chi connectivity index (χ1) is 14.2. The predicted molar refractivity (Wildman–Crippen MR) is 116 cm³/mol. The van der Waals surface area contributed by atoms with Gasteiger partial charge in [-0.1, -0.05) is 43.2 Å². The highest BCUT2D eigenvalue weighted by atomic mass is 32.2. The number of carbonyl (C=O) groups is 1. The molecule has 0 atom stereocenters. The van der Waals surface area contributed by atoms with Gasteiger partial charge in [0.25, 0.3) is 0 Å². The van der Waals surface area contributed by atoms with E-state index < -0.39 is 0 Å². The highest BCUT2D eigenvalue weighted by molar-refractivity contribution is 7.99. The fourth-order valence-corrected chi connectivity index (χ4v) is 5.35. The smallest absolute Gasteiger partial charge is 0.183 e. The summed E-state index contributed by atoms with van der Waals surface area (Å²) in [6.45, 7) is 3.17. The Labute approximate surface area is 177 Å². The molecule has 1 aliphatic heterocycles. The second-order valence-corrected chi connectivity index (χ2v) is 8.97. The van der Waals surface area contributed by atoms with Gasteiger partial charge in [-0.05, 0) is 49.2 Å². The van der Waals surface area contributed by atoms with Crippen molar-refractivity contribution < 1.29 is 14.3 Å². The summed E-state index contributed by atoms with van der Waals surface area (Å²) in [6.07, 6.45) is 5.43. The van der Waals surface area contributed by atoms with Crippen LogP contribution in [0.15, 0.2) is 58.3 Å². The van der Waals surface area contributed by atoms with Crippen LogP contribution in [0.4, 0.5) is 0 Å². The fraction of sp³-hybridized carbons (Fsp3) is 0.458. The minimum Gasteiger partial charge on any atom is -0.497 e. The fourth-order valence-electron chi connectivity index (χ4n) is 4.54. The minimum atomic E-state index is -0.341. The Bertz CT molecular complexity index is 807. The number of methoxy groups -OCH3 is 1. The summed E-state index contributed by atoms with van der Waals surface area (Å²) in [5.41, 5.74) is 0.490. The van der Waals surface area contributed by atoms with Gasteiger partial charge < -0.3 is 9.47 Å². The molecule has 0 radical (unpaired) electrons. The van der Waals surface area contributed by atoms with Crippen LogP contribution in [0, 0.1) is 0 Å². The van der Waals surface area contributed by atoms with Crippen LogP contribution in [0.3, 0.4) is 0 Å². The summed E-state index contributed by atoms with van der Waals surface area (Å²) < 4.78 is 10.8. The van der Waals surface area contributed by atoms with Crippen LogP contribution in [-0.2, 0) is 4.74 Å². The quantitative estimate of drug-likeness (QED) is 0.621. The molecule has 1 aliphatic carbocycles. The molecule has 29 heavy (non-hydrogen) atoms. The first-order valence-corrected chi connectivity index (χ1v) is 11.3. The lowest BCUT2D eigenvalue weighted by molar-refractivity contribution is -0.0264. The molecule has 0 bridgehead atoms. The van der Waals surface area contributed by atoms with E-state index in [4.69, 9.17) is 9.47 Å². The van der Waals surface area contributed by atoms with Crippen molar-refractivity contribution in [2.75, 3.05) is 33.4 Å². The maximum Gasteiger partial charge on any atom is 0.183 e. The molecule has 154 valence electrons. The Morgan fingerprint density at radius 3 is 2.10 bits per heavy atom. The molecule has 5 heteroatoms. The molecule has 2 aliphatic rings. The minimum absolute atomic E-state index is 0.292. The summed E-state index contributed by atoms with van der Waals surface area (Å²) in [5.74, 6) is 1.15. The number of rotatable bonds is 6. The van der Waals surface area contributed by atoms with Crippen LogP contribution in [-0.4, -0.2) is 49.6 Å². The number of Topliss-reactive ketones (excluding diaryl/α,β-unsaturated/α-hetero) is 1. The van der Waals surface area contributed by atoms with Crippen LogP contribution in [0.5, 0.6) is 5.75 Å². The van der Waals surface area contributed by atoms with E-state index in [1.807, 2.05) is 24.3 Å². The monoisotopic (exact) mass is 411 g/mol. The highest BCUT2D eigenvalue weighted by Crippen LogP contribution is 2.38. The molecule has 2 fully saturated rings. The zero-order valence-corrected chi connectivity index (χ0v) is 17.9. The number of hydrogen-bond acceptors (Lipinski definition) is 5. The topological polar surface area (TPSA) is 38.8 Å². The Morgan fingerprint density at radius 1 is 0.931 bits per heavy atom. The van der Waals surface area contributed by atoms with Crippen molar-refractivity contribution in [3.05, 3.63) is 54.1 Å². The van der Waals surface area contributed by atoms with E-state index in [0.717, 1.165) is 73.1 Å². The average molecular weight is 412 g/mol. The molecule has 1 saturated carbocycles. The van der Waals surface area contributed by atoms with Gasteiger partial charge in [0.15, 0.2) is 5.78 Å². The van der Waals surface area contributed by atoms with Crippen molar-refractivity contribution in [3.8, 4) is 5.75 Å². The molecule has 4 rings (SSSR count). The summed E-state index contributed by atoms with van der Waals surface area (Å²) in [5, 5.41) is 0. The van der Waals surface area contributed by atoms with Gasteiger partial charge in [-0.15, -0.1) is 0 Å². The zero-order valence-electron chi connectivity index (χ0n) is 17.1. The van der Waals surface area contributed by atoms with Gasteiger partial charge in [-0.3, -0.25) is 9.69 Å². The van der Waals surface area contributed by atoms with Gasteiger partial charge in [0.1, 0.15) is 5.75 Å². The number of nitrogens with zero attached hydrogens (tertiary/aromatic N) is 1. The standard InChI is InChI=1S/C24H29NO3S/c1-27-20-7-11-22(12-8-20)29-21-9-5-19(6-10-21)23(26)24(13-3-2-4-14-24)25-15-17-28-18-16-25/h5-12H,2-4,13-18H2,1H3. The third-order valence-corrected chi connectivity index (χ3v) is 7.15. The van der Waals surface area contributed by atoms with E-state index in [1.54, 1.807) is 18.9 Å². The summed E-state index contributed by atoms with van der Waals surface area (Å²) >= 11 is 1.70. The Kier molecular flexibility index (Phi) is 6.58. The summed E-state index contributed by atoms with van der Waals surface area (Å²) in [4.78, 5) is 18.3. The molecule has 1 heterocycles. The highest BCUT2D eigenvalue weighted by Gasteiger charge is 2.45. The number of ether oxygens (including phenoxy) is 2. The number of hydrogen-bond donors (Lipinski definition) is 0. The van der Waals surface area contributed by atoms with Crippen molar-refractivity contribution in [2.24, 2.45) is 0 Å². The van der Waals surface area contributed by atoms with Gasteiger partial charge in [0.2, 0.25) is 0 Å². The molecule has 2 aromatic carbocycles. The lowest BCUT2D eigenvalue weighted by Crippen LogP contribution is -2.59. The molecule has 2 aromatic rings. The van der Waals surface area contributed by atoms with Crippen LogP contribution in [0.25, 0.3) is 0 Å². The second-order valence-electron chi connectivity index (χ2n) is 7.82. The van der Waals surface area contributed by atoms with E-state index in [2.05, 4.69) is 29.2 Å². The molecular weight excluding hydrogens is 382 g/mol. The van der Waals surface area contributed by atoms with Gasteiger partial charge in [-0.25, -0.2) is 0 Å². The molecule has 0 unspecified atom stereocenters. The predicted octanol–water partition coefficient (Wildman–Crippen LogP) is 5.06. The third kappa shape index (κ3) is 4.52. The van der Waals surface area contributed by atoms with Crippen LogP contribution in [0.1, 0.15) is 42.5 Å². The van der Waals surface area contributed by atoms with Crippen molar-refractivity contribution in [1.82, 2.24) is 4.90 Å². The van der Waals surface area contributed by atoms with E-state index in [-0.39, 0.29) is 5.54 Å². The Morgan fingerprint density at radius 2 is 1.52 bits per heavy atom. The molecule has 1 saturated heterocycles. The van der Waals surface area contributed by atoms with E-state index in [9.17, 15) is 4.79 Å². The summed E-state index contributed by atoms with van der Waals surface area (Å²) in [7, 11) is 1.67. The van der Waals surface area contributed by atoms with Gasteiger partial charge in [0.05, 0.1) is 25.9 Å². The SMILES string of the molecule is COc1ccc(Sc2ccc(C(=O)C3(N4CCOCC4)CCCCC3)cc2)cc1. The van der Waals surface area contributed by atoms with Crippen molar-refractivity contribution in [1.29, 1.82) is 0 Å². The molecule has 0 aromatic heterocycles. The number of morpholine rings is 1. The summed E-state index contributed by atoms with van der Waals surface area (Å²) in [6, 6.07) is 16.2. The number of ketones is 1. The molecule has 0 amide bonds. The Balaban J connectivity index is 1.50. The average Bonchev–Trinajstić information content (AvgIpc) is 2.81. The molecule has 0 N–H and O–H groups in total. The van der Waals surface area contributed by atoms with Gasteiger partial charge >= 0.3 is 0 Å². The first-order valence-electron chi connectivity index (χ1n) is 10.5. The number of benzene rings is 2. The van der Waals surface area contributed by atoms with E-state index in [0.29, 0.717) is 5.78 Å². The lowest BCUT2D eigenvalue weighted by Gasteiger charge is -2.46.